The Morgan fingerprint density at radius 3 is 1.55 bits per heavy atom. The summed E-state index contributed by atoms with van der Waals surface area (Å²) in [5, 5.41) is 28.4. The van der Waals surface area contributed by atoms with Gasteiger partial charge < -0.3 is 5.11 Å². The van der Waals surface area contributed by atoms with Crippen molar-refractivity contribution in [2.75, 3.05) is 0 Å². The highest BCUT2D eigenvalue weighted by molar-refractivity contribution is 6.48. The zero-order valence-electron chi connectivity index (χ0n) is 15.5. The third-order valence-electron chi connectivity index (χ3n) is 6.97. The molecule has 1 nitrogen and oxygen atoms in total. The summed E-state index contributed by atoms with van der Waals surface area (Å²) in [6.45, 7) is 0. The summed E-state index contributed by atoms with van der Waals surface area (Å²) in [5.74, 6) is 0.369. The predicted molar refractivity (Wildman–Crippen MR) is 124 cm³/mol. The molecule has 0 bridgehead atoms. The molecule has 0 atom stereocenters. The lowest BCUT2D eigenvalue weighted by Gasteiger charge is -2.22. The monoisotopic (exact) mass is 366 g/mol. The topological polar surface area (TPSA) is 20.2 Å². The lowest BCUT2D eigenvalue weighted by atomic mass is 9.81. The molecule has 1 N–H and O–H groups in total. The Morgan fingerprint density at radius 2 is 0.862 bits per heavy atom. The third-order valence-corrected chi connectivity index (χ3v) is 6.97. The molecule has 0 aliphatic carbocycles. The Bertz CT molecular complexity index is 1900. The van der Waals surface area contributed by atoms with Crippen LogP contribution in [0.3, 0.4) is 0 Å². The molecule has 132 valence electrons. The SMILES string of the molecule is Oc1cc2ccc3ccc4ccc5ccc6c7ccccc7c1c1c2c3c4c5c61. The summed E-state index contributed by atoms with van der Waals surface area (Å²) < 4.78 is 0. The van der Waals surface area contributed by atoms with Gasteiger partial charge in [0.25, 0.3) is 0 Å². The minimum Gasteiger partial charge on any atom is -0.507 e. The molecule has 0 saturated carbocycles. The van der Waals surface area contributed by atoms with Crippen LogP contribution in [0.4, 0.5) is 0 Å². The van der Waals surface area contributed by atoms with Crippen molar-refractivity contribution in [2.45, 2.75) is 0 Å². The lowest BCUT2D eigenvalue weighted by molar-refractivity contribution is 0.483. The first-order valence-corrected chi connectivity index (χ1v) is 10.0. The van der Waals surface area contributed by atoms with Crippen LogP contribution in [-0.2, 0) is 0 Å². The van der Waals surface area contributed by atoms with Gasteiger partial charge in [-0.05, 0) is 70.7 Å². The maximum Gasteiger partial charge on any atom is 0.124 e. The fraction of sp³-hybridized carbons (Fsp3) is 0. The molecule has 0 unspecified atom stereocenters. The molecule has 1 heteroatoms. The zero-order chi connectivity index (χ0) is 18.9. The molecule has 8 rings (SSSR count). The van der Waals surface area contributed by atoms with Crippen molar-refractivity contribution >= 4 is 75.4 Å². The Morgan fingerprint density at radius 1 is 0.379 bits per heavy atom. The number of phenols is 1. The van der Waals surface area contributed by atoms with Crippen molar-refractivity contribution < 1.29 is 5.11 Å². The molecule has 0 fully saturated rings. The van der Waals surface area contributed by atoms with Crippen LogP contribution in [0, 0.1) is 0 Å². The normalized spacial score (nSPS) is 13.0. The summed E-state index contributed by atoms with van der Waals surface area (Å²) in [4.78, 5) is 0. The van der Waals surface area contributed by atoms with Crippen molar-refractivity contribution in [1.29, 1.82) is 0 Å². The number of rotatable bonds is 0. The van der Waals surface area contributed by atoms with Gasteiger partial charge in [-0.15, -0.1) is 0 Å². The van der Waals surface area contributed by atoms with Crippen molar-refractivity contribution in [3.63, 3.8) is 0 Å². The van der Waals surface area contributed by atoms with Crippen molar-refractivity contribution in [2.24, 2.45) is 0 Å². The van der Waals surface area contributed by atoms with Gasteiger partial charge in [-0.1, -0.05) is 72.8 Å². The van der Waals surface area contributed by atoms with Gasteiger partial charge in [0.2, 0.25) is 0 Å². The van der Waals surface area contributed by atoms with E-state index < -0.39 is 0 Å². The van der Waals surface area contributed by atoms with E-state index in [1.165, 1.54) is 59.2 Å². The minimum absolute atomic E-state index is 0.369. The molecular formula is C28H14O. The second kappa shape index (κ2) is 4.42. The van der Waals surface area contributed by atoms with Crippen LogP contribution in [0.25, 0.3) is 75.4 Å². The van der Waals surface area contributed by atoms with Crippen LogP contribution >= 0.6 is 0 Å². The first-order valence-electron chi connectivity index (χ1n) is 10.0. The van der Waals surface area contributed by atoms with Gasteiger partial charge in [-0.3, -0.25) is 0 Å². The molecular weight excluding hydrogens is 352 g/mol. The van der Waals surface area contributed by atoms with Crippen molar-refractivity contribution in [3.05, 3.63) is 78.9 Å². The average molecular weight is 366 g/mol. The second-order valence-electron chi connectivity index (χ2n) is 8.27. The first kappa shape index (κ1) is 14.2. The highest BCUT2D eigenvalue weighted by atomic mass is 16.3. The van der Waals surface area contributed by atoms with Gasteiger partial charge in [-0.25, -0.2) is 0 Å². The quantitative estimate of drug-likeness (QED) is 0.215. The Balaban J connectivity index is 1.97. The molecule has 0 heterocycles. The van der Waals surface area contributed by atoms with E-state index in [4.69, 9.17) is 0 Å². The van der Waals surface area contributed by atoms with Crippen molar-refractivity contribution in [1.82, 2.24) is 0 Å². The highest BCUT2D eigenvalue weighted by Gasteiger charge is 2.23. The van der Waals surface area contributed by atoms with Crippen LogP contribution < -0.4 is 0 Å². The molecule has 0 amide bonds. The van der Waals surface area contributed by atoms with Gasteiger partial charge in [0.05, 0.1) is 0 Å². The molecule has 8 aromatic carbocycles. The summed E-state index contributed by atoms with van der Waals surface area (Å²) in [6, 6.07) is 28.2. The van der Waals surface area contributed by atoms with E-state index in [1.54, 1.807) is 0 Å². The minimum atomic E-state index is 0.369. The third kappa shape index (κ3) is 1.43. The van der Waals surface area contributed by atoms with Crippen LogP contribution in [0.2, 0.25) is 0 Å². The number of fused-ring (bicyclic) bond motifs is 3. The smallest absolute Gasteiger partial charge is 0.124 e. The summed E-state index contributed by atoms with van der Waals surface area (Å²) >= 11 is 0. The summed E-state index contributed by atoms with van der Waals surface area (Å²) in [7, 11) is 0. The van der Waals surface area contributed by atoms with E-state index in [9.17, 15) is 5.11 Å². The second-order valence-corrected chi connectivity index (χ2v) is 8.27. The van der Waals surface area contributed by atoms with E-state index in [2.05, 4.69) is 72.8 Å². The van der Waals surface area contributed by atoms with E-state index in [0.29, 0.717) is 5.75 Å². The van der Waals surface area contributed by atoms with Gasteiger partial charge >= 0.3 is 0 Å². The summed E-state index contributed by atoms with van der Waals surface area (Å²) in [6.07, 6.45) is 0. The Kier molecular flexibility index (Phi) is 2.16. The molecule has 0 saturated heterocycles. The zero-order valence-corrected chi connectivity index (χ0v) is 15.5. The predicted octanol–water partition coefficient (Wildman–Crippen LogP) is 7.78. The Hall–Kier alpha value is -3.84. The van der Waals surface area contributed by atoms with Crippen LogP contribution in [0.1, 0.15) is 0 Å². The molecule has 0 aliphatic rings. The van der Waals surface area contributed by atoms with Crippen LogP contribution in [0.15, 0.2) is 78.9 Å². The largest absolute Gasteiger partial charge is 0.507 e. The number of hydrogen-bond donors (Lipinski definition) is 1. The number of aromatic hydroxyl groups is 1. The maximum absolute atomic E-state index is 11.1. The molecule has 0 radical (unpaired) electrons. The summed E-state index contributed by atoms with van der Waals surface area (Å²) in [5.41, 5.74) is 0. The fourth-order valence-corrected chi connectivity index (χ4v) is 5.87. The van der Waals surface area contributed by atoms with E-state index in [-0.39, 0.29) is 0 Å². The lowest BCUT2D eigenvalue weighted by Crippen LogP contribution is -1.94. The molecule has 0 aromatic heterocycles. The fourth-order valence-electron chi connectivity index (χ4n) is 5.87. The van der Waals surface area contributed by atoms with Gasteiger partial charge in [0.1, 0.15) is 5.75 Å². The van der Waals surface area contributed by atoms with Gasteiger partial charge in [0.15, 0.2) is 0 Å². The highest BCUT2D eigenvalue weighted by Crippen LogP contribution is 2.52. The Labute approximate surface area is 165 Å². The van der Waals surface area contributed by atoms with Gasteiger partial charge in [-0.2, -0.15) is 0 Å². The molecule has 0 spiro atoms. The molecule has 29 heavy (non-hydrogen) atoms. The van der Waals surface area contributed by atoms with E-state index in [0.717, 1.165) is 16.2 Å². The molecule has 0 aliphatic heterocycles. The molecule has 8 aromatic rings. The van der Waals surface area contributed by atoms with Crippen LogP contribution in [-0.4, -0.2) is 5.11 Å². The van der Waals surface area contributed by atoms with Crippen LogP contribution in [0.5, 0.6) is 5.75 Å². The van der Waals surface area contributed by atoms with E-state index in [1.807, 2.05) is 6.07 Å². The number of hydrogen-bond acceptors (Lipinski definition) is 1. The maximum atomic E-state index is 11.1. The van der Waals surface area contributed by atoms with E-state index >= 15 is 0 Å². The number of benzene rings is 8. The standard InChI is InChI=1S/C28H14O/c29-21-13-17-10-9-15-6-5-14-7-8-16-11-12-20-18-3-1-2-4-19(18)26(21)28-25(17)23(15)22(14)24(16)27(20)28/h1-13,29H. The average Bonchev–Trinajstić information content (AvgIpc) is 2.77. The number of phenolic OH excluding ortho intramolecular Hbond substituents is 1. The van der Waals surface area contributed by atoms with Gasteiger partial charge in [0, 0.05) is 10.8 Å². The van der Waals surface area contributed by atoms with Crippen molar-refractivity contribution in [3.8, 4) is 5.75 Å². The first-order chi connectivity index (χ1) is 14.3.